The van der Waals surface area contributed by atoms with Gasteiger partial charge in [0.25, 0.3) is 0 Å². The van der Waals surface area contributed by atoms with Gasteiger partial charge in [-0.2, -0.15) is 5.26 Å². The molecule has 2 aromatic rings. The molecule has 0 spiro atoms. The Labute approximate surface area is 398 Å². The molecule has 2 rings (SSSR count). The summed E-state index contributed by atoms with van der Waals surface area (Å²) in [6.07, 6.45) is -2.02. The molecule has 0 aliphatic rings. The number of fused-ring (bicyclic) bond motifs is 1. The van der Waals surface area contributed by atoms with Gasteiger partial charge in [-0.15, -0.1) is 11.3 Å². The third-order valence-corrected chi connectivity index (χ3v) is 13.4. The first-order valence-electron chi connectivity index (χ1n) is 20.9. The van der Waals surface area contributed by atoms with Crippen LogP contribution in [0.3, 0.4) is 0 Å². The Hall–Kier alpha value is -6.04. The lowest BCUT2D eigenvalue weighted by atomic mass is 10.0. The fourth-order valence-electron chi connectivity index (χ4n) is 5.92. The van der Waals surface area contributed by atoms with Crippen LogP contribution in [0.4, 0.5) is 5.69 Å². The summed E-state index contributed by atoms with van der Waals surface area (Å²) < 4.78 is 0.320. The largest absolute Gasteiger partial charge is 0.481 e. The summed E-state index contributed by atoms with van der Waals surface area (Å²) in [5, 5.41) is 54.8. The summed E-state index contributed by atoms with van der Waals surface area (Å²) in [5.74, 6) is -11.9. The van der Waals surface area contributed by atoms with Crippen molar-refractivity contribution in [2.24, 2.45) is 11.7 Å². The average Bonchev–Trinajstić information content (AvgIpc) is 3.64. The number of benzene rings is 1. The topological polar surface area (TPSA) is 378 Å². The first-order valence-corrected chi connectivity index (χ1v) is 24.0. The Kier molecular flexibility index (Phi) is 23.5. The molecule has 0 aliphatic heterocycles. The Morgan fingerprint density at radius 1 is 0.731 bits per heavy atom. The van der Waals surface area contributed by atoms with Crippen LogP contribution >= 0.6 is 32.9 Å². The lowest BCUT2D eigenvalue weighted by Crippen LogP contribution is -2.61. The Bertz CT molecular complexity index is 2160. The van der Waals surface area contributed by atoms with Crippen LogP contribution in [0.5, 0.6) is 0 Å². The predicted octanol–water partition coefficient (Wildman–Crippen LogP) is 0.814. The van der Waals surface area contributed by atoms with Gasteiger partial charge in [0, 0.05) is 29.5 Å². The quantitative estimate of drug-likeness (QED) is 0.0415. The summed E-state index contributed by atoms with van der Waals surface area (Å²) in [7, 11) is 2.58. The molecule has 12 N–H and O–H groups in total. The van der Waals surface area contributed by atoms with Crippen LogP contribution in [0.25, 0.3) is 10.2 Å². The molecule has 7 amide bonds. The van der Waals surface area contributed by atoms with Crippen molar-refractivity contribution >= 4 is 108 Å². The van der Waals surface area contributed by atoms with E-state index in [4.69, 9.17) is 5.73 Å². The molecular formula is C41H58N10O13S3. The standard InChI is InChI=1S/C41H58N10O13S3/c1-20(2)34(51-36(60)25(12-13-31(53)54)48-37(61)26(16-32(55)56)44-21(3)52)40(64)49-27(17-33(57)58)38(62)50-28(19-65-67-41(4,5)6)39(63)47-24(9-7-8-14-42)35(59)45-22-10-11-23-29(15-22)66-30(18-43)46-23/h10-11,15,20,24-28,34H,7-9,12-14,16-17,19,42H2,1-6H3,(H,44,52)(H,45,59)(H,47,63)(H,48,61)(H,49,64)(H,50,62)(H,51,60)(H,53,54)(H,55,56)(H,57,58)/t24-,25-,26-,27-,28-,34-/m0/s1. The van der Waals surface area contributed by atoms with Crippen LogP contribution in [0.1, 0.15) is 91.5 Å². The van der Waals surface area contributed by atoms with E-state index in [1.807, 2.05) is 26.8 Å². The summed E-state index contributed by atoms with van der Waals surface area (Å²) in [4.78, 5) is 133. The molecule has 26 heteroatoms. The van der Waals surface area contributed by atoms with Crippen molar-refractivity contribution in [3.63, 3.8) is 0 Å². The second-order valence-electron chi connectivity index (χ2n) is 16.4. The van der Waals surface area contributed by atoms with E-state index in [0.717, 1.165) is 18.3 Å². The van der Waals surface area contributed by atoms with Gasteiger partial charge >= 0.3 is 17.9 Å². The maximum Gasteiger partial charge on any atom is 0.305 e. The maximum absolute atomic E-state index is 14.1. The minimum Gasteiger partial charge on any atom is -0.481 e. The third-order valence-electron chi connectivity index (χ3n) is 9.12. The molecule has 67 heavy (non-hydrogen) atoms. The maximum atomic E-state index is 14.1. The van der Waals surface area contributed by atoms with Crippen LogP contribution in [0.15, 0.2) is 18.2 Å². The van der Waals surface area contributed by atoms with Crippen molar-refractivity contribution < 1.29 is 63.3 Å². The van der Waals surface area contributed by atoms with E-state index in [1.54, 1.807) is 18.2 Å². The van der Waals surface area contributed by atoms with E-state index in [-0.39, 0.29) is 21.9 Å². The molecule has 0 fully saturated rings. The molecule has 1 aromatic heterocycles. The summed E-state index contributed by atoms with van der Waals surface area (Å²) in [6.45, 7) is 10.0. The van der Waals surface area contributed by atoms with Gasteiger partial charge in [-0.25, -0.2) is 4.98 Å². The zero-order valence-corrected chi connectivity index (χ0v) is 40.2. The first kappa shape index (κ1) is 57.1. The van der Waals surface area contributed by atoms with E-state index in [0.29, 0.717) is 35.3 Å². The number of carbonyl (C=O) groups excluding carboxylic acids is 7. The second-order valence-corrected chi connectivity index (χ2v) is 20.6. The van der Waals surface area contributed by atoms with E-state index in [2.05, 4.69) is 42.2 Å². The smallest absolute Gasteiger partial charge is 0.305 e. The lowest BCUT2D eigenvalue weighted by Gasteiger charge is -2.28. The number of thiazole rings is 1. The van der Waals surface area contributed by atoms with Gasteiger partial charge in [-0.3, -0.25) is 47.9 Å². The van der Waals surface area contributed by atoms with Crippen molar-refractivity contribution in [1.82, 2.24) is 36.9 Å². The first-order chi connectivity index (χ1) is 31.3. The summed E-state index contributed by atoms with van der Waals surface area (Å²) in [5.41, 5.74) is 6.61. The number of carboxylic acids is 3. The van der Waals surface area contributed by atoms with Crippen molar-refractivity contribution in [3.8, 4) is 6.07 Å². The number of unbranched alkanes of at least 4 members (excludes halogenated alkanes) is 1. The monoisotopic (exact) mass is 994 g/mol. The molecule has 0 radical (unpaired) electrons. The van der Waals surface area contributed by atoms with Crippen LogP contribution in [0, 0.1) is 17.2 Å². The number of hydrogen-bond donors (Lipinski definition) is 11. The van der Waals surface area contributed by atoms with Gasteiger partial charge < -0.3 is 58.3 Å². The van der Waals surface area contributed by atoms with Crippen LogP contribution in [0.2, 0.25) is 0 Å². The van der Waals surface area contributed by atoms with Gasteiger partial charge in [0.2, 0.25) is 41.4 Å². The molecule has 23 nitrogen and oxygen atoms in total. The number of carbonyl (C=O) groups is 10. The zero-order chi connectivity index (χ0) is 50.6. The molecule has 1 heterocycles. The highest BCUT2D eigenvalue weighted by Crippen LogP contribution is 2.35. The lowest BCUT2D eigenvalue weighted by molar-refractivity contribution is -0.142. The van der Waals surface area contributed by atoms with Crippen LogP contribution < -0.4 is 43.0 Å². The third kappa shape index (κ3) is 21.0. The summed E-state index contributed by atoms with van der Waals surface area (Å²) in [6, 6.07) is -2.45. The van der Waals surface area contributed by atoms with Crippen molar-refractivity contribution in [3.05, 3.63) is 23.2 Å². The molecule has 0 unspecified atom stereocenters. The molecule has 1 aromatic carbocycles. The highest BCUT2D eigenvalue weighted by molar-refractivity contribution is 8.77. The minimum absolute atomic E-state index is 0.0863. The molecule has 368 valence electrons. The van der Waals surface area contributed by atoms with Crippen molar-refractivity contribution in [2.75, 3.05) is 17.6 Å². The van der Waals surface area contributed by atoms with Crippen LogP contribution in [-0.2, 0) is 47.9 Å². The van der Waals surface area contributed by atoms with Crippen LogP contribution in [-0.4, -0.2) is 133 Å². The number of nitrogens with zero attached hydrogens (tertiary/aromatic N) is 2. The van der Waals surface area contributed by atoms with E-state index in [9.17, 15) is 68.5 Å². The Morgan fingerprint density at radius 2 is 1.27 bits per heavy atom. The molecule has 0 aliphatic carbocycles. The van der Waals surface area contributed by atoms with Gasteiger partial charge in [0.1, 0.15) is 42.3 Å². The van der Waals surface area contributed by atoms with E-state index >= 15 is 0 Å². The number of aliphatic carboxylic acids is 3. The number of rotatable bonds is 28. The average molecular weight is 995 g/mol. The molecule has 0 saturated carbocycles. The molecule has 6 atom stereocenters. The second kappa shape index (κ2) is 27.6. The van der Waals surface area contributed by atoms with Gasteiger partial charge in [0.15, 0.2) is 5.01 Å². The van der Waals surface area contributed by atoms with E-state index < -0.39 is 127 Å². The van der Waals surface area contributed by atoms with Gasteiger partial charge in [-0.05, 0) is 56.3 Å². The van der Waals surface area contributed by atoms with E-state index in [1.165, 1.54) is 35.4 Å². The molecule has 0 bridgehead atoms. The highest BCUT2D eigenvalue weighted by Gasteiger charge is 2.36. The van der Waals surface area contributed by atoms with Gasteiger partial charge in [0.05, 0.1) is 23.1 Å². The number of nitrogens with two attached hydrogens (primary N) is 1. The number of nitrogens with one attached hydrogen (secondary N) is 7. The zero-order valence-electron chi connectivity index (χ0n) is 37.8. The number of carboxylic acid groups (broad SMARTS) is 3. The van der Waals surface area contributed by atoms with Gasteiger partial charge in [-0.1, -0.05) is 56.2 Å². The van der Waals surface area contributed by atoms with Crippen molar-refractivity contribution in [1.29, 1.82) is 5.26 Å². The normalized spacial score (nSPS) is 13.9. The fraction of sp³-hybridized carbons (Fsp3) is 0.561. The number of amides is 7. The number of hydrogen-bond acceptors (Lipinski definition) is 16. The molecular weight excluding hydrogens is 937 g/mol. The predicted molar refractivity (Wildman–Crippen MR) is 249 cm³/mol. The number of nitriles is 1. The fourth-order valence-corrected chi connectivity index (χ4v) is 9.19. The van der Waals surface area contributed by atoms with Crippen molar-refractivity contribution in [2.45, 2.75) is 127 Å². The number of aromatic nitrogens is 1. The molecule has 0 saturated heterocycles. The Morgan fingerprint density at radius 3 is 1.79 bits per heavy atom. The highest BCUT2D eigenvalue weighted by atomic mass is 33.1. The summed E-state index contributed by atoms with van der Waals surface area (Å²) >= 11 is 1.13. The SMILES string of the molecule is CC(=O)N[C@@H](CC(=O)O)C(=O)N[C@@H](CCC(=O)O)C(=O)N[C@H](C(=O)N[C@@H](CC(=O)O)C(=O)N[C@@H](CSSC(C)(C)C)C(=O)N[C@@H](CCCCN)C(=O)Nc1ccc2nc(C#N)sc2c1)C(C)C. The number of anilines is 1. The minimum atomic E-state index is -1.84. The Balaban J connectivity index is 2.39.